The maximum absolute atomic E-state index is 13.5. The molecule has 2 atom stereocenters. The average Bonchev–Trinajstić information content (AvgIpc) is 3.15. The Hall–Kier alpha value is -2.65. The number of sulfonamides is 1. The Morgan fingerprint density at radius 1 is 1.00 bits per heavy atom. The standard InChI is InChI=1S/C20H16F3N3O2S/c21-20(22,23)13-5-7-15(8-6-13)29(27,28)26-14-9-12-3-1-2-4-16(12)19(26)17-11-24-25-18(17)10-14/h1-8,11,14,19H,9-10H2,(H,24,25). The highest BCUT2D eigenvalue weighted by Crippen LogP contribution is 2.46. The molecule has 0 saturated carbocycles. The Balaban J connectivity index is 1.64. The number of hydrogen-bond acceptors (Lipinski definition) is 3. The van der Waals surface area contributed by atoms with E-state index < -0.39 is 27.8 Å². The molecule has 0 radical (unpaired) electrons. The number of nitrogens with zero attached hydrogens (tertiary/aromatic N) is 2. The molecule has 0 amide bonds. The molecule has 2 unspecified atom stereocenters. The van der Waals surface area contributed by atoms with Gasteiger partial charge in [0.1, 0.15) is 0 Å². The number of halogens is 3. The summed E-state index contributed by atoms with van der Waals surface area (Å²) in [6.45, 7) is 0. The molecule has 0 spiro atoms. The zero-order chi connectivity index (χ0) is 20.4. The van der Waals surface area contributed by atoms with Crippen molar-refractivity contribution < 1.29 is 21.6 Å². The molecular weight excluding hydrogens is 403 g/mol. The van der Waals surface area contributed by atoms with Crippen LogP contribution in [0.1, 0.15) is 34.0 Å². The normalized spacial score (nSPS) is 21.5. The van der Waals surface area contributed by atoms with Crippen LogP contribution in [0.25, 0.3) is 0 Å². The van der Waals surface area contributed by atoms with E-state index in [1.165, 1.54) is 4.31 Å². The number of aromatic amines is 1. The second-order valence-corrected chi connectivity index (χ2v) is 9.17. The van der Waals surface area contributed by atoms with Crippen LogP contribution >= 0.6 is 0 Å². The zero-order valence-electron chi connectivity index (χ0n) is 15.0. The minimum Gasteiger partial charge on any atom is -0.282 e. The predicted octanol–water partition coefficient (Wildman–Crippen LogP) is 3.69. The largest absolute Gasteiger partial charge is 0.416 e. The molecule has 29 heavy (non-hydrogen) atoms. The van der Waals surface area contributed by atoms with E-state index in [0.29, 0.717) is 12.8 Å². The maximum atomic E-state index is 13.5. The van der Waals surface area contributed by atoms with E-state index in [0.717, 1.165) is 46.6 Å². The highest BCUT2D eigenvalue weighted by Gasteiger charge is 2.47. The third kappa shape index (κ3) is 2.79. The van der Waals surface area contributed by atoms with Crippen LogP contribution in [-0.4, -0.2) is 29.0 Å². The van der Waals surface area contributed by atoms with Crippen LogP contribution in [0.3, 0.4) is 0 Å². The highest BCUT2D eigenvalue weighted by molar-refractivity contribution is 7.89. The lowest BCUT2D eigenvalue weighted by Gasteiger charge is -2.45. The first kappa shape index (κ1) is 18.4. The van der Waals surface area contributed by atoms with Crippen LogP contribution in [0.5, 0.6) is 0 Å². The molecule has 1 aromatic heterocycles. The molecule has 1 N–H and O–H groups in total. The topological polar surface area (TPSA) is 66.1 Å². The Labute approximate surface area is 165 Å². The fraction of sp³-hybridized carbons (Fsp3) is 0.250. The number of alkyl halides is 3. The molecular formula is C20H16F3N3O2S. The summed E-state index contributed by atoms with van der Waals surface area (Å²) in [5.41, 5.74) is 2.75. The molecule has 2 aromatic carbocycles. The van der Waals surface area contributed by atoms with Crippen LogP contribution in [0.4, 0.5) is 13.2 Å². The smallest absolute Gasteiger partial charge is 0.282 e. The molecule has 2 bridgehead atoms. The van der Waals surface area contributed by atoms with E-state index in [1.807, 2.05) is 24.3 Å². The number of hydrogen-bond donors (Lipinski definition) is 1. The Bertz CT molecular complexity index is 1190. The molecule has 3 heterocycles. The van der Waals surface area contributed by atoms with Crippen LogP contribution in [0.2, 0.25) is 0 Å². The monoisotopic (exact) mass is 419 g/mol. The van der Waals surface area contributed by atoms with Crippen molar-refractivity contribution in [1.29, 1.82) is 0 Å². The molecule has 0 saturated heterocycles. The van der Waals surface area contributed by atoms with Gasteiger partial charge in [0.2, 0.25) is 10.0 Å². The van der Waals surface area contributed by atoms with E-state index in [2.05, 4.69) is 10.2 Å². The molecule has 5 nitrogen and oxygen atoms in total. The Morgan fingerprint density at radius 3 is 2.45 bits per heavy atom. The third-order valence-electron chi connectivity index (χ3n) is 5.66. The third-order valence-corrected chi connectivity index (χ3v) is 7.59. The number of fused-ring (bicyclic) bond motifs is 6. The molecule has 150 valence electrons. The Kier molecular flexibility index (Phi) is 3.91. The maximum Gasteiger partial charge on any atom is 0.416 e. The average molecular weight is 419 g/mol. The van der Waals surface area contributed by atoms with Crippen molar-refractivity contribution in [2.75, 3.05) is 0 Å². The first-order chi connectivity index (χ1) is 13.8. The van der Waals surface area contributed by atoms with Gasteiger partial charge >= 0.3 is 6.18 Å². The molecule has 9 heteroatoms. The summed E-state index contributed by atoms with van der Waals surface area (Å²) in [4.78, 5) is -0.146. The summed E-state index contributed by atoms with van der Waals surface area (Å²) in [6.07, 6.45) is -1.88. The van der Waals surface area contributed by atoms with Gasteiger partial charge in [-0.15, -0.1) is 0 Å². The minimum absolute atomic E-state index is 0.146. The molecule has 2 aliphatic rings. The number of H-pyrrole nitrogens is 1. The van der Waals surface area contributed by atoms with Crippen molar-refractivity contribution in [2.24, 2.45) is 0 Å². The first-order valence-corrected chi connectivity index (χ1v) is 10.5. The quantitative estimate of drug-likeness (QED) is 0.689. The lowest BCUT2D eigenvalue weighted by molar-refractivity contribution is -0.137. The van der Waals surface area contributed by atoms with Crippen LogP contribution in [0, 0.1) is 0 Å². The van der Waals surface area contributed by atoms with E-state index >= 15 is 0 Å². The van der Waals surface area contributed by atoms with Gasteiger partial charge in [-0.05, 0) is 41.8 Å². The van der Waals surface area contributed by atoms with Gasteiger partial charge in [-0.2, -0.15) is 22.6 Å². The van der Waals surface area contributed by atoms with Crippen molar-refractivity contribution in [3.63, 3.8) is 0 Å². The zero-order valence-corrected chi connectivity index (χ0v) is 15.8. The van der Waals surface area contributed by atoms with Gasteiger partial charge < -0.3 is 0 Å². The first-order valence-electron chi connectivity index (χ1n) is 9.07. The molecule has 0 fully saturated rings. The van der Waals surface area contributed by atoms with Crippen molar-refractivity contribution in [1.82, 2.24) is 14.5 Å². The highest BCUT2D eigenvalue weighted by atomic mass is 32.2. The number of benzene rings is 2. The summed E-state index contributed by atoms with van der Waals surface area (Å²) >= 11 is 0. The summed E-state index contributed by atoms with van der Waals surface area (Å²) < 4.78 is 67.1. The number of aromatic nitrogens is 2. The van der Waals surface area contributed by atoms with Gasteiger partial charge in [0.25, 0.3) is 0 Å². The second-order valence-electron chi connectivity index (χ2n) is 7.32. The lowest BCUT2D eigenvalue weighted by Crippen LogP contribution is -2.51. The SMILES string of the molecule is O=S(=O)(c1ccc(C(F)(F)F)cc1)N1C2Cc3ccccc3C1c1cn[nH]c1C2. The minimum atomic E-state index is -4.52. The van der Waals surface area contributed by atoms with Crippen molar-refractivity contribution in [2.45, 2.75) is 36.0 Å². The second kappa shape index (κ2) is 6.17. The van der Waals surface area contributed by atoms with Gasteiger partial charge in [0.05, 0.1) is 22.7 Å². The van der Waals surface area contributed by atoms with Gasteiger partial charge in [-0.3, -0.25) is 5.10 Å². The Morgan fingerprint density at radius 2 is 1.72 bits per heavy atom. The van der Waals surface area contributed by atoms with Gasteiger partial charge in [-0.25, -0.2) is 8.42 Å². The molecule has 5 rings (SSSR count). The van der Waals surface area contributed by atoms with Crippen molar-refractivity contribution >= 4 is 10.0 Å². The van der Waals surface area contributed by atoms with Crippen LogP contribution < -0.4 is 0 Å². The van der Waals surface area contributed by atoms with Crippen molar-refractivity contribution in [3.8, 4) is 0 Å². The summed E-state index contributed by atoms with van der Waals surface area (Å²) in [7, 11) is -4.02. The van der Waals surface area contributed by atoms with Crippen LogP contribution in [-0.2, 0) is 29.0 Å². The molecule has 2 aliphatic heterocycles. The van der Waals surface area contributed by atoms with E-state index in [-0.39, 0.29) is 10.9 Å². The summed E-state index contributed by atoms with van der Waals surface area (Å²) in [5, 5.41) is 7.05. The van der Waals surface area contributed by atoms with Crippen molar-refractivity contribution in [3.05, 3.63) is 82.7 Å². The molecule has 3 aromatic rings. The number of rotatable bonds is 2. The van der Waals surface area contributed by atoms with Gasteiger partial charge in [-0.1, -0.05) is 24.3 Å². The van der Waals surface area contributed by atoms with Gasteiger partial charge in [0, 0.05) is 23.7 Å². The van der Waals surface area contributed by atoms with Crippen LogP contribution in [0.15, 0.2) is 59.6 Å². The number of nitrogens with one attached hydrogen (secondary N) is 1. The van der Waals surface area contributed by atoms with E-state index in [1.54, 1.807) is 6.20 Å². The lowest BCUT2D eigenvalue weighted by atomic mass is 9.81. The molecule has 0 aliphatic carbocycles. The van der Waals surface area contributed by atoms with E-state index in [9.17, 15) is 21.6 Å². The summed E-state index contributed by atoms with van der Waals surface area (Å²) in [5.74, 6) is 0. The fourth-order valence-electron chi connectivity index (χ4n) is 4.37. The predicted molar refractivity (Wildman–Crippen MR) is 98.5 cm³/mol. The summed E-state index contributed by atoms with van der Waals surface area (Å²) in [6, 6.07) is 10.5. The van der Waals surface area contributed by atoms with E-state index in [4.69, 9.17) is 0 Å². The van der Waals surface area contributed by atoms with Gasteiger partial charge in [0.15, 0.2) is 0 Å². The fourth-order valence-corrected chi connectivity index (χ4v) is 6.14.